The molecule has 1 N–H and O–H groups in total. The predicted molar refractivity (Wildman–Crippen MR) is 154 cm³/mol. The van der Waals surface area contributed by atoms with E-state index in [1.807, 2.05) is 0 Å². The molecule has 0 spiro atoms. The lowest BCUT2D eigenvalue weighted by atomic mass is 10.4. The first-order chi connectivity index (χ1) is 16.8. The monoisotopic (exact) mass is 536 g/mol. The molecule has 0 heterocycles. The summed E-state index contributed by atoms with van der Waals surface area (Å²) in [5.74, 6) is -0.0367. The number of ether oxygens (including phenoxy) is 1. The molecule has 0 rings (SSSR count). The second-order valence-corrected chi connectivity index (χ2v) is 17.0. The summed E-state index contributed by atoms with van der Waals surface area (Å²) in [6.45, 7) is 18.9. The van der Waals surface area contributed by atoms with Crippen LogP contribution in [0.4, 0.5) is 4.79 Å². The fraction of sp³-hybridized carbons (Fsp3) is 0.963. The second kappa shape index (κ2) is 20.8. The van der Waals surface area contributed by atoms with Crippen LogP contribution in [0.25, 0.3) is 0 Å². The summed E-state index contributed by atoms with van der Waals surface area (Å²) >= 11 is 0. The van der Waals surface area contributed by atoms with Gasteiger partial charge in [-0.25, -0.2) is 4.79 Å². The average Bonchev–Trinajstić information content (AvgIpc) is 2.86. The minimum Gasteiger partial charge on any atom is -0.412 e. The molecule has 0 aliphatic rings. The first-order valence-electron chi connectivity index (χ1n) is 14.6. The van der Waals surface area contributed by atoms with Gasteiger partial charge >= 0.3 is 14.9 Å². The molecule has 2 atom stereocenters. The van der Waals surface area contributed by atoms with Gasteiger partial charge in [0.2, 0.25) is 5.85 Å². The number of carbonyl (C=O) groups excluding carboxylic acids is 1. The average molecular weight is 537 g/mol. The zero-order valence-corrected chi connectivity index (χ0v) is 26.4. The number of unbranched alkanes of at least 4 members (excludes halogenated alkanes) is 3. The van der Waals surface area contributed by atoms with Crippen molar-refractivity contribution >= 4 is 22.2 Å². The molecule has 6 nitrogen and oxygen atoms in total. The maximum Gasteiger partial charge on any atom is 0.524 e. The van der Waals surface area contributed by atoms with E-state index in [1.54, 1.807) is 0 Å². The minimum absolute atomic E-state index is 0.0367. The molecule has 1 amide bonds. The molecule has 0 aromatic carbocycles. The van der Waals surface area contributed by atoms with Crippen molar-refractivity contribution in [3.05, 3.63) is 0 Å². The maximum absolute atomic E-state index is 13.3. The zero-order valence-electron chi connectivity index (χ0n) is 24.5. The maximum atomic E-state index is 13.3. The third kappa shape index (κ3) is 12.7. The molecule has 0 saturated heterocycles. The molecule has 0 aliphatic carbocycles. The summed E-state index contributed by atoms with van der Waals surface area (Å²) < 4.78 is 25.1. The van der Waals surface area contributed by atoms with E-state index in [2.05, 4.69) is 60.7 Å². The van der Waals surface area contributed by atoms with E-state index in [1.165, 1.54) is 57.0 Å². The third-order valence-electron chi connectivity index (χ3n) is 6.57. The van der Waals surface area contributed by atoms with Crippen molar-refractivity contribution in [3.8, 4) is 0 Å². The molecule has 210 valence electrons. The van der Waals surface area contributed by atoms with Crippen LogP contribution in [0.3, 0.4) is 0 Å². The van der Waals surface area contributed by atoms with E-state index in [-0.39, 0.29) is 17.6 Å². The predicted octanol–water partition coefficient (Wildman–Crippen LogP) is 8.01. The van der Waals surface area contributed by atoms with Crippen LogP contribution in [0.2, 0.25) is 0 Å². The topological polar surface area (TPSA) is 66.0 Å². The van der Waals surface area contributed by atoms with Crippen molar-refractivity contribution < 1.29 is 22.8 Å². The summed E-state index contributed by atoms with van der Waals surface area (Å²) in [5.41, 5.74) is -0.318. The van der Waals surface area contributed by atoms with Crippen molar-refractivity contribution in [1.29, 1.82) is 0 Å². The third-order valence-corrected chi connectivity index (χ3v) is 15.1. The largest absolute Gasteiger partial charge is 0.524 e. The van der Waals surface area contributed by atoms with Crippen molar-refractivity contribution in [3.63, 3.8) is 0 Å². The molecule has 2 unspecified atom stereocenters. The van der Waals surface area contributed by atoms with Gasteiger partial charge in [-0.05, 0) is 44.9 Å². The Morgan fingerprint density at radius 1 is 0.714 bits per heavy atom. The molecule has 8 heteroatoms. The zero-order chi connectivity index (χ0) is 26.6. The number of alkyl carbamates (subject to hydrolysis) is 1. The van der Waals surface area contributed by atoms with Gasteiger partial charge in [0, 0.05) is 26.7 Å². The van der Waals surface area contributed by atoms with Crippen LogP contribution in [0, 0.1) is 0 Å². The fourth-order valence-corrected chi connectivity index (χ4v) is 12.4. The fourth-order valence-electron chi connectivity index (χ4n) is 4.34. The lowest BCUT2D eigenvalue weighted by molar-refractivity contribution is 0.0443. The molecular formula is C27H59NO5PSi+. The van der Waals surface area contributed by atoms with E-state index in [0.717, 1.165) is 19.3 Å². The van der Waals surface area contributed by atoms with Gasteiger partial charge in [0.25, 0.3) is 0 Å². The van der Waals surface area contributed by atoms with Gasteiger partial charge in [-0.2, -0.15) is 0 Å². The molecule has 0 bridgehead atoms. The first kappa shape index (κ1) is 34.8. The Kier molecular flexibility index (Phi) is 20.7. The number of hydrogen-bond donors (Lipinski definition) is 1. The Hall–Kier alpha value is -0.203. The Bertz CT molecular complexity index is 482. The first-order valence-corrected chi connectivity index (χ1v) is 18.8. The lowest BCUT2D eigenvalue weighted by Gasteiger charge is -2.36. The Balaban J connectivity index is 5.72. The van der Waals surface area contributed by atoms with E-state index in [0.29, 0.717) is 26.2 Å². The molecule has 0 saturated carbocycles. The summed E-state index contributed by atoms with van der Waals surface area (Å²) in [7, 11) is -4.51. The molecule has 0 aromatic heterocycles. The molecule has 0 aromatic rings. The highest BCUT2D eigenvalue weighted by Crippen LogP contribution is 2.65. The Morgan fingerprint density at radius 2 is 1.11 bits per heavy atom. The van der Waals surface area contributed by atoms with E-state index < -0.39 is 16.1 Å². The second-order valence-electron chi connectivity index (χ2n) is 9.71. The highest BCUT2D eigenvalue weighted by Gasteiger charge is 2.51. The van der Waals surface area contributed by atoms with Gasteiger partial charge in [-0.3, -0.25) is 0 Å². The van der Waals surface area contributed by atoms with Gasteiger partial charge in [0.1, 0.15) is 5.67 Å². The Labute approximate surface area is 219 Å². The van der Waals surface area contributed by atoms with E-state index in [9.17, 15) is 4.79 Å². The highest BCUT2D eigenvalue weighted by atomic mass is 31.2. The number of hydrogen-bond acceptors (Lipinski definition) is 5. The molecular weight excluding hydrogens is 477 g/mol. The molecule has 0 aliphatic heterocycles. The van der Waals surface area contributed by atoms with Crippen LogP contribution in [-0.2, 0) is 18.0 Å². The van der Waals surface area contributed by atoms with E-state index in [4.69, 9.17) is 18.0 Å². The van der Waals surface area contributed by atoms with Crippen LogP contribution in [0.1, 0.15) is 120 Å². The van der Waals surface area contributed by atoms with Crippen LogP contribution in [-0.4, -0.2) is 64.7 Å². The van der Waals surface area contributed by atoms with Crippen molar-refractivity contribution in [2.45, 2.75) is 131 Å². The van der Waals surface area contributed by atoms with Crippen molar-refractivity contribution in [2.24, 2.45) is 0 Å². The summed E-state index contributed by atoms with van der Waals surface area (Å²) in [6, 6.07) is 0. The minimum atomic E-state index is -3.11. The Morgan fingerprint density at radius 3 is 1.43 bits per heavy atom. The van der Waals surface area contributed by atoms with Crippen molar-refractivity contribution in [1.82, 2.24) is 5.32 Å². The van der Waals surface area contributed by atoms with Crippen LogP contribution in [0.15, 0.2) is 0 Å². The number of carbonyl (C=O) groups is 1. The van der Waals surface area contributed by atoms with Crippen LogP contribution >= 0.6 is 7.26 Å². The van der Waals surface area contributed by atoms with Gasteiger partial charge in [0.05, 0.1) is 25.7 Å². The number of rotatable bonds is 23. The van der Waals surface area contributed by atoms with Crippen molar-refractivity contribution in [2.75, 3.05) is 38.3 Å². The number of amides is 1. The summed E-state index contributed by atoms with van der Waals surface area (Å²) in [4.78, 5) is 13.3. The van der Waals surface area contributed by atoms with Crippen LogP contribution < -0.4 is 5.32 Å². The van der Waals surface area contributed by atoms with Gasteiger partial charge in [-0.15, -0.1) is 0 Å². The molecule has 0 radical (unpaired) electrons. The lowest BCUT2D eigenvalue weighted by Crippen LogP contribution is -2.63. The molecule has 35 heavy (non-hydrogen) atoms. The standard InChI is InChI=1S/C27H58NO5PSi/c1-9-16-22-34(23-17-10-2,24-18-11-3)25(8)33-27(29)28-26(15-7)35(30-19-12-4,31-20-13-5)32-21-14-6/h25-26H,9-24H2,1-8H3/p+1. The quantitative estimate of drug-likeness (QED) is 0.106. The van der Waals surface area contributed by atoms with Crippen LogP contribution in [0.5, 0.6) is 0 Å². The van der Waals surface area contributed by atoms with E-state index >= 15 is 0 Å². The van der Waals surface area contributed by atoms with Gasteiger partial charge in [0.15, 0.2) is 0 Å². The normalized spacial score (nSPS) is 14.1. The summed E-state index contributed by atoms with van der Waals surface area (Å²) in [5, 5.41) is 3.15. The highest BCUT2D eigenvalue weighted by molar-refractivity contribution is 7.76. The van der Waals surface area contributed by atoms with Gasteiger partial charge < -0.3 is 23.3 Å². The smallest absolute Gasteiger partial charge is 0.412 e. The SMILES string of the molecule is CCCC[P+](CCCC)(CCCC)C(C)OC(=O)NC(CC)[Si](OCCC)(OCCC)OCCC. The van der Waals surface area contributed by atoms with Gasteiger partial charge in [-0.1, -0.05) is 67.7 Å². The number of nitrogens with one attached hydrogen (secondary N) is 1. The summed E-state index contributed by atoms with van der Waals surface area (Å²) in [6.07, 6.45) is 13.8. The molecule has 0 fully saturated rings.